The molecule has 0 fully saturated rings. The Bertz CT molecular complexity index is 204. The van der Waals surface area contributed by atoms with E-state index >= 15 is 0 Å². The van der Waals surface area contributed by atoms with Crippen molar-refractivity contribution in [3.63, 3.8) is 0 Å². The summed E-state index contributed by atoms with van der Waals surface area (Å²) in [4.78, 5) is 22.0. The Morgan fingerprint density at radius 2 is 1.92 bits per heavy atom. The first-order chi connectivity index (χ1) is 5.94. The molecule has 0 unspecified atom stereocenters. The maximum Gasteiger partial charge on any atom is 0.234 e. The molecule has 0 heterocycles. The third-order valence-corrected chi connectivity index (χ3v) is 1.93. The number of carbonyl (C=O) groups is 2. The van der Waals surface area contributed by atoms with Crippen LogP contribution in [-0.4, -0.2) is 31.3 Å². The molecule has 0 aromatic rings. The van der Waals surface area contributed by atoms with Gasteiger partial charge in [-0.3, -0.25) is 9.59 Å². The second-order valence-electron chi connectivity index (χ2n) is 3.37. The van der Waals surface area contributed by atoms with Gasteiger partial charge in [-0.15, -0.1) is 11.6 Å². The number of hydrogen-bond acceptors (Lipinski definition) is 2. The highest BCUT2D eigenvalue weighted by atomic mass is 35.5. The molecule has 5 heteroatoms. The maximum atomic E-state index is 11.2. The summed E-state index contributed by atoms with van der Waals surface area (Å²) in [5, 5.41) is 5.08. The van der Waals surface area contributed by atoms with E-state index in [2.05, 4.69) is 10.6 Å². The Hall–Kier alpha value is -0.770. The lowest BCUT2D eigenvalue weighted by atomic mass is 9.92. The first-order valence-electron chi connectivity index (χ1n) is 3.99. The van der Waals surface area contributed by atoms with Crippen molar-refractivity contribution in [1.82, 2.24) is 10.6 Å². The molecule has 0 saturated heterocycles. The third kappa shape index (κ3) is 4.12. The zero-order valence-corrected chi connectivity index (χ0v) is 8.86. The van der Waals surface area contributed by atoms with E-state index < -0.39 is 5.41 Å². The molecular formula is C8H15ClN2O2. The molecule has 76 valence electrons. The van der Waals surface area contributed by atoms with Crippen molar-refractivity contribution in [3.8, 4) is 0 Å². The molecule has 0 aromatic heterocycles. The first-order valence-corrected chi connectivity index (χ1v) is 4.52. The highest BCUT2D eigenvalue weighted by Crippen LogP contribution is 2.12. The van der Waals surface area contributed by atoms with Gasteiger partial charge in [0, 0.05) is 13.6 Å². The third-order valence-electron chi connectivity index (χ3n) is 1.69. The van der Waals surface area contributed by atoms with Crippen molar-refractivity contribution in [1.29, 1.82) is 0 Å². The molecule has 0 aliphatic heterocycles. The number of alkyl halides is 1. The summed E-state index contributed by atoms with van der Waals surface area (Å²) in [6.45, 7) is 3.79. The Balaban J connectivity index is 4.03. The quantitative estimate of drug-likeness (QED) is 0.642. The number of carbonyl (C=O) groups excluding carboxylic acids is 2. The molecular weight excluding hydrogens is 192 g/mol. The fourth-order valence-corrected chi connectivity index (χ4v) is 0.880. The number of hydrogen-bond donors (Lipinski definition) is 2. The van der Waals surface area contributed by atoms with Crippen LogP contribution in [-0.2, 0) is 9.59 Å². The minimum absolute atomic E-state index is 0.0795. The lowest BCUT2D eigenvalue weighted by Gasteiger charge is -2.22. The van der Waals surface area contributed by atoms with Crippen LogP contribution in [0.4, 0.5) is 0 Å². The molecule has 0 spiro atoms. The summed E-state index contributed by atoms with van der Waals surface area (Å²) < 4.78 is 0. The lowest BCUT2D eigenvalue weighted by Crippen LogP contribution is -2.44. The van der Waals surface area contributed by atoms with Gasteiger partial charge in [0.2, 0.25) is 11.8 Å². The summed E-state index contributed by atoms with van der Waals surface area (Å²) in [6.07, 6.45) is 0. The van der Waals surface area contributed by atoms with Crippen LogP contribution in [0.15, 0.2) is 0 Å². The maximum absolute atomic E-state index is 11.2. The average molecular weight is 207 g/mol. The second kappa shape index (κ2) is 5.07. The van der Waals surface area contributed by atoms with Crippen LogP contribution in [0.3, 0.4) is 0 Å². The van der Waals surface area contributed by atoms with Gasteiger partial charge >= 0.3 is 0 Å². The predicted octanol–water partition coefficient (Wildman–Crippen LogP) is 0.114. The molecule has 0 aliphatic carbocycles. The molecule has 4 nitrogen and oxygen atoms in total. The van der Waals surface area contributed by atoms with Gasteiger partial charge in [0.15, 0.2) is 0 Å². The Kier molecular flexibility index (Phi) is 4.77. The molecule has 0 radical (unpaired) electrons. The van der Waals surface area contributed by atoms with E-state index in [9.17, 15) is 9.59 Å². The standard InChI is InChI=1S/C8H15ClN2O2/c1-8(2,7(13)10-3)5-11-6(12)4-9/h4-5H2,1-3H3,(H,10,13)(H,11,12). The SMILES string of the molecule is CNC(=O)C(C)(C)CNC(=O)CCl. The van der Waals surface area contributed by atoms with E-state index in [4.69, 9.17) is 11.6 Å². The van der Waals surface area contributed by atoms with Crippen molar-refractivity contribution < 1.29 is 9.59 Å². The minimum atomic E-state index is -0.601. The highest BCUT2D eigenvalue weighted by Gasteiger charge is 2.26. The van der Waals surface area contributed by atoms with Crippen molar-refractivity contribution in [3.05, 3.63) is 0 Å². The van der Waals surface area contributed by atoms with E-state index in [0.29, 0.717) is 0 Å². The van der Waals surface area contributed by atoms with Crippen molar-refractivity contribution in [2.75, 3.05) is 19.5 Å². The van der Waals surface area contributed by atoms with E-state index in [-0.39, 0.29) is 24.2 Å². The molecule has 0 rings (SSSR count). The zero-order chi connectivity index (χ0) is 10.5. The lowest BCUT2D eigenvalue weighted by molar-refractivity contribution is -0.129. The van der Waals surface area contributed by atoms with Gasteiger partial charge < -0.3 is 10.6 Å². The molecule has 0 saturated carbocycles. The van der Waals surface area contributed by atoms with Crippen LogP contribution < -0.4 is 10.6 Å². The van der Waals surface area contributed by atoms with Crippen molar-refractivity contribution >= 4 is 23.4 Å². The fraction of sp³-hybridized carbons (Fsp3) is 0.750. The Morgan fingerprint density at radius 1 is 1.38 bits per heavy atom. The predicted molar refractivity (Wildman–Crippen MR) is 51.6 cm³/mol. The molecule has 0 bridgehead atoms. The first kappa shape index (κ1) is 12.2. The average Bonchev–Trinajstić information content (AvgIpc) is 2.12. The smallest absolute Gasteiger partial charge is 0.234 e. The Labute approximate surface area is 83.0 Å². The second-order valence-corrected chi connectivity index (χ2v) is 3.64. The number of rotatable bonds is 4. The summed E-state index contributed by atoms with van der Waals surface area (Å²) in [5.74, 6) is -0.454. The molecule has 0 aliphatic rings. The molecule has 13 heavy (non-hydrogen) atoms. The highest BCUT2D eigenvalue weighted by molar-refractivity contribution is 6.27. The van der Waals surface area contributed by atoms with Gasteiger partial charge in [-0.25, -0.2) is 0 Å². The number of halogens is 1. The van der Waals surface area contributed by atoms with Crippen LogP contribution in [0, 0.1) is 5.41 Å². The summed E-state index contributed by atoms with van der Waals surface area (Å²) in [7, 11) is 1.56. The van der Waals surface area contributed by atoms with Gasteiger partial charge in [-0.05, 0) is 13.8 Å². The van der Waals surface area contributed by atoms with E-state index in [0.717, 1.165) is 0 Å². The Morgan fingerprint density at radius 3 is 2.31 bits per heavy atom. The molecule has 0 aromatic carbocycles. The number of amides is 2. The van der Waals surface area contributed by atoms with Gasteiger partial charge in [0.1, 0.15) is 5.88 Å². The van der Waals surface area contributed by atoms with Crippen LogP contribution >= 0.6 is 11.6 Å². The van der Waals surface area contributed by atoms with E-state index in [1.165, 1.54) is 0 Å². The summed E-state index contributed by atoms with van der Waals surface area (Å²) >= 11 is 5.28. The van der Waals surface area contributed by atoms with Gasteiger partial charge in [0.05, 0.1) is 5.41 Å². The van der Waals surface area contributed by atoms with Crippen LogP contribution in [0.5, 0.6) is 0 Å². The van der Waals surface area contributed by atoms with Crippen molar-refractivity contribution in [2.45, 2.75) is 13.8 Å². The largest absolute Gasteiger partial charge is 0.359 e. The zero-order valence-electron chi connectivity index (χ0n) is 8.11. The normalized spacial score (nSPS) is 10.8. The molecule has 2 amide bonds. The van der Waals surface area contributed by atoms with E-state index in [1.807, 2.05) is 0 Å². The topological polar surface area (TPSA) is 58.2 Å². The minimum Gasteiger partial charge on any atom is -0.359 e. The summed E-state index contributed by atoms with van der Waals surface area (Å²) in [6, 6.07) is 0. The van der Waals surface area contributed by atoms with E-state index in [1.54, 1.807) is 20.9 Å². The summed E-state index contributed by atoms with van der Waals surface area (Å²) in [5.41, 5.74) is -0.601. The number of nitrogens with one attached hydrogen (secondary N) is 2. The van der Waals surface area contributed by atoms with Gasteiger partial charge in [-0.2, -0.15) is 0 Å². The molecule has 2 N–H and O–H groups in total. The van der Waals surface area contributed by atoms with Crippen LogP contribution in [0.2, 0.25) is 0 Å². The van der Waals surface area contributed by atoms with Crippen LogP contribution in [0.1, 0.15) is 13.8 Å². The van der Waals surface area contributed by atoms with Crippen molar-refractivity contribution in [2.24, 2.45) is 5.41 Å². The van der Waals surface area contributed by atoms with Gasteiger partial charge in [0.25, 0.3) is 0 Å². The van der Waals surface area contributed by atoms with Gasteiger partial charge in [-0.1, -0.05) is 0 Å². The fourth-order valence-electron chi connectivity index (χ4n) is 0.785. The molecule has 0 atom stereocenters. The van der Waals surface area contributed by atoms with Crippen LogP contribution in [0.25, 0.3) is 0 Å². The monoisotopic (exact) mass is 206 g/mol.